The molecule has 0 spiro atoms. The van der Waals surface area contributed by atoms with Crippen LogP contribution in [-0.2, 0) is 16.1 Å². The molecular formula is C20H21NO2. The predicted molar refractivity (Wildman–Crippen MR) is 92.4 cm³/mol. The van der Waals surface area contributed by atoms with Crippen molar-refractivity contribution in [3.8, 4) is 11.1 Å². The van der Waals surface area contributed by atoms with Gasteiger partial charge in [-0.25, -0.2) is 4.79 Å². The van der Waals surface area contributed by atoms with E-state index in [1.165, 1.54) is 22.3 Å². The van der Waals surface area contributed by atoms with E-state index in [9.17, 15) is 4.79 Å². The highest BCUT2D eigenvalue weighted by Gasteiger charge is 2.27. The van der Waals surface area contributed by atoms with E-state index in [1.807, 2.05) is 26.8 Å². The molecule has 0 aliphatic heterocycles. The molecule has 0 heterocycles. The van der Waals surface area contributed by atoms with Crippen LogP contribution in [0.5, 0.6) is 0 Å². The molecule has 3 nitrogen and oxygen atoms in total. The summed E-state index contributed by atoms with van der Waals surface area (Å²) in [6.45, 7) is 5.68. The van der Waals surface area contributed by atoms with Crippen molar-refractivity contribution >= 4 is 12.2 Å². The van der Waals surface area contributed by atoms with Gasteiger partial charge in [-0.3, -0.25) is 0 Å². The monoisotopic (exact) mass is 307 g/mol. The molecule has 0 saturated carbocycles. The molecule has 118 valence electrons. The van der Waals surface area contributed by atoms with E-state index in [4.69, 9.17) is 4.84 Å². The fourth-order valence-corrected chi connectivity index (χ4v) is 2.62. The fraction of sp³-hybridized carbons (Fsp3) is 0.300. The molecule has 1 aliphatic rings. The van der Waals surface area contributed by atoms with Gasteiger partial charge < -0.3 is 4.84 Å². The SMILES string of the molecule is CCC(C)(C)C(=O)O/N=C/c1ccc2c(c1)-c1ccccc1C2. The minimum atomic E-state index is -0.506. The van der Waals surface area contributed by atoms with E-state index < -0.39 is 5.41 Å². The van der Waals surface area contributed by atoms with Gasteiger partial charge in [-0.15, -0.1) is 0 Å². The van der Waals surface area contributed by atoms with Gasteiger partial charge in [0.1, 0.15) is 0 Å². The minimum absolute atomic E-state index is 0.303. The second-order valence-electron chi connectivity index (χ2n) is 6.60. The third kappa shape index (κ3) is 3.04. The Balaban J connectivity index is 1.77. The van der Waals surface area contributed by atoms with Gasteiger partial charge in [0.05, 0.1) is 11.6 Å². The Morgan fingerprint density at radius 3 is 2.70 bits per heavy atom. The molecule has 0 atom stereocenters. The lowest BCUT2D eigenvalue weighted by Crippen LogP contribution is -2.24. The third-order valence-electron chi connectivity index (χ3n) is 4.60. The minimum Gasteiger partial charge on any atom is -0.318 e. The molecule has 2 aromatic carbocycles. The topological polar surface area (TPSA) is 38.7 Å². The van der Waals surface area contributed by atoms with Gasteiger partial charge in [-0.05, 0) is 60.6 Å². The summed E-state index contributed by atoms with van der Waals surface area (Å²) in [5.74, 6) is -0.303. The summed E-state index contributed by atoms with van der Waals surface area (Å²) in [6, 6.07) is 14.7. The average Bonchev–Trinajstić information content (AvgIpc) is 2.92. The van der Waals surface area contributed by atoms with Crippen molar-refractivity contribution in [2.75, 3.05) is 0 Å². The van der Waals surface area contributed by atoms with E-state index in [0.717, 1.165) is 18.4 Å². The first-order chi connectivity index (χ1) is 11.0. The van der Waals surface area contributed by atoms with Crippen LogP contribution in [0.3, 0.4) is 0 Å². The van der Waals surface area contributed by atoms with Gasteiger partial charge in [-0.1, -0.05) is 48.5 Å². The summed E-state index contributed by atoms with van der Waals surface area (Å²) in [6.07, 6.45) is 3.30. The molecular weight excluding hydrogens is 286 g/mol. The molecule has 0 radical (unpaired) electrons. The Morgan fingerprint density at radius 2 is 1.91 bits per heavy atom. The van der Waals surface area contributed by atoms with E-state index in [2.05, 4.69) is 41.6 Å². The number of carbonyl (C=O) groups excluding carboxylic acids is 1. The zero-order valence-corrected chi connectivity index (χ0v) is 13.8. The molecule has 0 fully saturated rings. The summed E-state index contributed by atoms with van der Waals surface area (Å²) in [7, 11) is 0. The van der Waals surface area contributed by atoms with Crippen LogP contribution in [0.2, 0.25) is 0 Å². The van der Waals surface area contributed by atoms with Gasteiger partial charge in [0, 0.05) is 0 Å². The summed E-state index contributed by atoms with van der Waals surface area (Å²) in [5, 5.41) is 3.86. The van der Waals surface area contributed by atoms with Crippen molar-refractivity contribution in [1.29, 1.82) is 0 Å². The maximum absolute atomic E-state index is 11.9. The Hall–Kier alpha value is -2.42. The predicted octanol–water partition coefficient (Wildman–Crippen LogP) is 4.57. The third-order valence-corrected chi connectivity index (χ3v) is 4.60. The van der Waals surface area contributed by atoms with Crippen LogP contribution in [0.1, 0.15) is 43.9 Å². The van der Waals surface area contributed by atoms with Crippen LogP contribution in [0.25, 0.3) is 11.1 Å². The zero-order valence-electron chi connectivity index (χ0n) is 13.8. The van der Waals surface area contributed by atoms with E-state index in [-0.39, 0.29) is 5.97 Å². The number of oxime groups is 1. The molecule has 0 N–H and O–H groups in total. The molecule has 0 amide bonds. The first-order valence-corrected chi connectivity index (χ1v) is 7.97. The molecule has 0 aromatic heterocycles. The maximum atomic E-state index is 11.9. The van der Waals surface area contributed by atoms with Crippen molar-refractivity contribution in [1.82, 2.24) is 0 Å². The lowest BCUT2D eigenvalue weighted by atomic mass is 9.91. The molecule has 23 heavy (non-hydrogen) atoms. The van der Waals surface area contributed by atoms with Gasteiger partial charge in [0.25, 0.3) is 0 Å². The number of rotatable bonds is 4. The quantitative estimate of drug-likeness (QED) is 0.402. The molecule has 1 aliphatic carbocycles. The Labute approximate surface area is 137 Å². The number of fused-ring (bicyclic) bond motifs is 3. The van der Waals surface area contributed by atoms with Crippen LogP contribution in [0.15, 0.2) is 47.6 Å². The molecule has 0 bridgehead atoms. The van der Waals surface area contributed by atoms with E-state index in [1.54, 1.807) is 6.21 Å². The molecule has 3 rings (SSSR count). The van der Waals surface area contributed by atoms with Crippen LogP contribution in [-0.4, -0.2) is 12.2 Å². The summed E-state index contributed by atoms with van der Waals surface area (Å²) in [5.41, 5.74) is 5.63. The summed E-state index contributed by atoms with van der Waals surface area (Å²) in [4.78, 5) is 16.9. The number of benzene rings is 2. The second kappa shape index (κ2) is 5.99. The standard InChI is InChI=1S/C20H21NO2/c1-4-20(2,3)19(22)23-21-13-14-9-10-16-12-15-7-5-6-8-17(15)18(16)11-14/h5-11,13H,4,12H2,1-3H3/b21-13+. The van der Waals surface area contributed by atoms with Crippen molar-refractivity contribution in [3.05, 3.63) is 59.2 Å². The number of carbonyl (C=O) groups is 1. The van der Waals surface area contributed by atoms with Crippen LogP contribution >= 0.6 is 0 Å². The van der Waals surface area contributed by atoms with Crippen molar-refractivity contribution in [2.24, 2.45) is 10.6 Å². The summed E-state index contributed by atoms with van der Waals surface area (Å²) < 4.78 is 0. The number of hydrogen-bond acceptors (Lipinski definition) is 3. The fourth-order valence-electron chi connectivity index (χ4n) is 2.62. The summed E-state index contributed by atoms with van der Waals surface area (Å²) >= 11 is 0. The number of nitrogens with zero attached hydrogens (tertiary/aromatic N) is 1. The maximum Gasteiger partial charge on any atom is 0.340 e. The second-order valence-corrected chi connectivity index (χ2v) is 6.60. The molecule has 0 saturated heterocycles. The smallest absolute Gasteiger partial charge is 0.318 e. The normalized spacial score (nSPS) is 13.0. The van der Waals surface area contributed by atoms with Gasteiger partial charge in [0.2, 0.25) is 0 Å². The van der Waals surface area contributed by atoms with Crippen molar-refractivity contribution < 1.29 is 9.63 Å². The highest BCUT2D eigenvalue weighted by molar-refractivity contribution is 5.86. The lowest BCUT2D eigenvalue weighted by Gasteiger charge is -2.17. The Kier molecular flexibility index (Phi) is 4.03. The number of hydrogen-bond donors (Lipinski definition) is 0. The van der Waals surface area contributed by atoms with E-state index in [0.29, 0.717) is 0 Å². The van der Waals surface area contributed by atoms with Crippen LogP contribution in [0, 0.1) is 5.41 Å². The highest BCUT2D eigenvalue weighted by atomic mass is 16.7. The van der Waals surface area contributed by atoms with E-state index >= 15 is 0 Å². The first kappa shape index (κ1) is 15.5. The van der Waals surface area contributed by atoms with Crippen LogP contribution in [0.4, 0.5) is 0 Å². The zero-order chi connectivity index (χ0) is 16.4. The van der Waals surface area contributed by atoms with Gasteiger partial charge in [-0.2, -0.15) is 0 Å². The van der Waals surface area contributed by atoms with Crippen molar-refractivity contribution in [3.63, 3.8) is 0 Å². The van der Waals surface area contributed by atoms with Crippen LogP contribution < -0.4 is 0 Å². The lowest BCUT2D eigenvalue weighted by molar-refractivity contribution is -0.154. The first-order valence-electron chi connectivity index (χ1n) is 7.97. The Morgan fingerprint density at radius 1 is 1.17 bits per heavy atom. The van der Waals surface area contributed by atoms with Gasteiger partial charge in [0.15, 0.2) is 0 Å². The largest absolute Gasteiger partial charge is 0.340 e. The highest BCUT2D eigenvalue weighted by Crippen LogP contribution is 2.36. The van der Waals surface area contributed by atoms with Crippen molar-refractivity contribution in [2.45, 2.75) is 33.6 Å². The Bertz CT molecular complexity index is 775. The molecule has 0 unspecified atom stereocenters. The molecule has 3 heteroatoms. The molecule has 2 aromatic rings. The van der Waals surface area contributed by atoms with Gasteiger partial charge >= 0.3 is 5.97 Å². The average molecular weight is 307 g/mol.